The molecule has 0 bridgehead atoms. The molecule has 0 radical (unpaired) electrons. The van der Waals surface area contributed by atoms with Gasteiger partial charge in [-0.1, -0.05) is 48.5 Å². The molecule has 3 aromatic carbocycles. The van der Waals surface area contributed by atoms with Crippen LogP contribution in [0.1, 0.15) is 0 Å². The number of fused-ring (bicyclic) bond motifs is 1. The van der Waals surface area contributed by atoms with Crippen LogP contribution in [0.5, 0.6) is 5.75 Å². The maximum atomic E-state index is 5.27. The molecule has 0 aliphatic carbocycles. The fourth-order valence-corrected chi connectivity index (χ4v) is 2.92. The van der Waals surface area contributed by atoms with Gasteiger partial charge in [0, 0.05) is 16.5 Å². The average molecular weight is 311 g/mol. The van der Waals surface area contributed by atoms with Crippen LogP contribution >= 0.6 is 0 Å². The number of aromatic nitrogens is 1. The van der Waals surface area contributed by atoms with Gasteiger partial charge < -0.3 is 4.74 Å². The molecule has 0 saturated heterocycles. The standard InChI is InChI=1S/C22H17NO/c1-24-19-13-11-17(12-14-19)22-20(16-7-3-2-4-8-16)15-18-9-5-6-10-21(18)23-22/h2-15H,1H3. The van der Waals surface area contributed by atoms with Crippen LogP contribution in [0.4, 0.5) is 0 Å². The van der Waals surface area contributed by atoms with E-state index in [4.69, 9.17) is 9.72 Å². The maximum Gasteiger partial charge on any atom is 0.118 e. The van der Waals surface area contributed by atoms with Crippen LogP contribution in [0.25, 0.3) is 33.3 Å². The zero-order chi connectivity index (χ0) is 16.4. The van der Waals surface area contributed by atoms with Gasteiger partial charge in [0.25, 0.3) is 0 Å². The van der Waals surface area contributed by atoms with Gasteiger partial charge in [-0.15, -0.1) is 0 Å². The third-order valence-corrected chi connectivity index (χ3v) is 4.17. The molecule has 0 aliphatic heterocycles. The first kappa shape index (κ1) is 14.5. The van der Waals surface area contributed by atoms with Gasteiger partial charge in [-0.05, 0) is 42.0 Å². The summed E-state index contributed by atoms with van der Waals surface area (Å²) in [5, 5.41) is 1.15. The van der Waals surface area contributed by atoms with Gasteiger partial charge in [-0.25, -0.2) is 4.98 Å². The highest BCUT2D eigenvalue weighted by Gasteiger charge is 2.11. The van der Waals surface area contributed by atoms with E-state index in [-0.39, 0.29) is 0 Å². The molecule has 0 aliphatic rings. The fourth-order valence-electron chi connectivity index (χ4n) is 2.92. The minimum atomic E-state index is 0.848. The molecule has 0 atom stereocenters. The quantitative estimate of drug-likeness (QED) is 0.493. The van der Waals surface area contributed by atoms with E-state index in [1.54, 1.807) is 7.11 Å². The van der Waals surface area contributed by atoms with E-state index in [1.807, 2.05) is 30.3 Å². The Labute approximate surface area is 141 Å². The van der Waals surface area contributed by atoms with Crippen molar-refractivity contribution in [2.24, 2.45) is 0 Å². The van der Waals surface area contributed by atoms with Gasteiger partial charge >= 0.3 is 0 Å². The predicted molar refractivity (Wildman–Crippen MR) is 99.2 cm³/mol. The molecular formula is C22H17NO. The minimum Gasteiger partial charge on any atom is -0.497 e. The average Bonchev–Trinajstić information content (AvgIpc) is 2.68. The zero-order valence-electron chi connectivity index (χ0n) is 13.4. The van der Waals surface area contributed by atoms with Crippen LogP contribution in [-0.2, 0) is 0 Å². The van der Waals surface area contributed by atoms with E-state index in [9.17, 15) is 0 Å². The molecule has 2 heteroatoms. The third-order valence-electron chi connectivity index (χ3n) is 4.17. The summed E-state index contributed by atoms with van der Waals surface area (Å²) in [5.41, 5.74) is 5.38. The molecule has 24 heavy (non-hydrogen) atoms. The Balaban J connectivity index is 1.97. The van der Waals surface area contributed by atoms with E-state index < -0.39 is 0 Å². The number of rotatable bonds is 3. The summed E-state index contributed by atoms with van der Waals surface area (Å²) < 4.78 is 5.27. The summed E-state index contributed by atoms with van der Waals surface area (Å²) in [5.74, 6) is 0.848. The Morgan fingerprint density at radius 2 is 1.42 bits per heavy atom. The molecule has 4 rings (SSSR count). The van der Waals surface area contributed by atoms with Crippen molar-refractivity contribution in [2.45, 2.75) is 0 Å². The lowest BCUT2D eigenvalue weighted by atomic mass is 9.97. The first-order valence-electron chi connectivity index (χ1n) is 7.95. The monoisotopic (exact) mass is 311 g/mol. The summed E-state index contributed by atoms with van der Waals surface area (Å²) in [7, 11) is 1.68. The third kappa shape index (κ3) is 2.63. The molecule has 4 aromatic rings. The van der Waals surface area contributed by atoms with Crippen molar-refractivity contribution in [1.29, 1.82) is 0 Å². The number of benzene rings is 3. The Bertz CT molecular complexity index is 976. The van der Waals surface area contributed by atoms with E-state index in [0.717, 1.165) is 33.5 Å². The van der Waals surface area contributed by atoms with Gasteiger partial charge in [0.05, 0.1) is 18.3 Å². The van der Waals surface area contributed by atoms with Crippen molar-refractivity contribution < 1.29 is 4.74 Å². The van der Waals surface area contributed by atoms with Crippen molar-refractivity contribution >= 4 is 10.9 Å². The van der Waals surface area contributed by atoms with Gasteiger partial charge in [0.15, 0.2) is 0 Å². The summed E-state index contributed by atoms with van der Waals surface area (Å²) >= 11 is 0. The number of para-hydroxylation sites is 1. The number of pyridine rings is 1. The molecule has 0 saturated carbocycles. The highest BCUT2D eigenvalue weighted by atomic mass is 16.5. The second-order valence-corrected chi connectivity index (χ2v) is 5.67. The fraction of sp³-hybridized carbons (Fsp3) is 0.0455. The molecule has 1 heterocycles. The maximum absolute atomic E-state index is 5.27. The van der Waals surface area contributed by atoms with E-state index in [2.05, 4.69) is 54.6 Å². The second-order valence-electron chi connectivity index (χ2n) is 5.67. The van der Waals surface area contributed by atoms with E-state index >= 15 is 0 Å². The number of nitrogens with zero attached hydrogens (tertiary/aromatic N) is 1. The normalized spacial score (nSPS) is 10.7. The van der Waals surface area contributed by atoms with E-state index in [1.165, 1.54) is 5.56 Å². The van der Waals surface area contributed by atoms with Gasteiger partial charge in [-0.2, -0.15) is 0 Å². The van der Waals surface area contributed by atoms with Crippen molar-refractivity contribution in [2.75, 3.05) is 7.11 Å². The molecule has 116 valence electrons. The van der Waals surface area contributed by atoms with Crippen molar-refractivity contribution in [1.82, 2.24) is 4.98 Å². The van der Waals surface area contributed by atoms with Crippen LogP contribution in [0.15, 0.2) is 84.9 Å². The number of hydrogen-bond donors (Lipinski definition) is 0. The van der Waals surface area contributed by atoms with Gasteiger partial charge in [0.2, 0.25) is 0 Å². The molecule has 1 aromatic heterocycles. The van der Waals surface area contributed by atoms with Crippen LogP contribution in [0.2, 0.25) is 0 Å². The van der Waals surface area contributed by atoms with Crippen molar-refractivity contribution in [3.05, 3.63) is 84.9 Å². The SMILES string of the molecule is COc1ccc(-c2nc3ccccc3cc2-c2ccccc2)cc1. The lowest BCUT2D eigenvalue weighted by molar-refractivity contribution is 0.415. The van der Waals surface area contributed by atoms with Crippen LogP contribution in [0, 0.1) is 0 Å². The number of methoxy groups -OCH3 is 1. The molecule has 0 fully saturated rings. The largest absolute Gasteiger partial charge is 0.497 e. The molecule has 0 spiro atoms. The Hall–Kier alpha value is -3.13. The van der Waals surface area contributed by atoms with Gasteiger partial charge in [0.1, 0.15) is 5.75 Å². The molecular weight excluding hydrogens is 294 g/mol. The lowest BCUT2D eigenvalue weighted by Gasteiger charge is -2.12. The first-order chi connectivity index (χ1) is 11.8. The molecule has 0 unspecified atom stereocenters. The van der Waals surface area contributed by atoms with Crippen molar-refractivity contribution in [3.8, 4) is 28.1 Å². The highest BCUT2D eigenvalue weighted by molar-refractivity contribution is 5.91. The second kappa shape index (κ2) is 6.17. The molecule has 0 amide bonds. The predicted octanol–water partition coefficient (Wildman–Crippen LogP) is 5.58. The summed E-state index contributed by atoms with van der Waals surface area (Å²) in [6, 6.07) is 28.9. The van der Waals surface area contributed by atoms with Crippen molar-refractivity contribution in [3.63, 3.8) is 0 Å². The van der Waals surface area contributed by atoms with Crippen LogP contribution < -0.4 is 4.74 Å². The Morgan fingerprint density at radius 3 is 2.17 bits per heavy atom. The van der Waals surface area contributed by atoms with Gasteiger partial charge in [-0.3, -0.25) is 0 Å². The lowest BCUT2D eigenvalue weighted by Crippen LogP contribution is -1.91. The zero-order valence-corrected chi connectivity index (χ0v) is 13.4. The summed E-state index contributed by atoms with van der Waals surface area (Å²) in [4.78, 5) is 4.94. The number of hydrogen-bond acceptors (Lipinski definition) is 2. The summed E-state index contributed by atoms with van der Waals surface area (Å²) in [6.07, 6.45) is 0. The Kier molecular flexibility index (Phi) is 3.72. The smallest absolute Gasteiger partial charge is 0.118 e. The summed E-state index contributed by atoms with van der Waals surface area (Å²) in [6.45, 7) is 0. The molecule has 2 nitrogen and oxygen atoms in total. The van der Waals surface area contributed by atoms with Crippen LogP contribution in [0.3, 0.4) is 0 Å². The highest BCUT2D eigenvalue weighted by Crippen LogP contribution is 2.33. The Morgan fingerprint density at radius 1 is 0.708 bits per heavy atom. The van der Waals surface area contributed by atoms with Crippen LogP contribution in [-0.4, -0.2) is 12.1 Å². The number of ether oxygens (including phenoxy) is 1. The molecule has 0 N–H and O–H groups in total. The minimum absolute atomic E-state index is 0.848. The first-order valence-corrected chi connectivity index (χ1v) is 7.95. The van der Waals surface area contributed by atoms with E-state index in [0.29, 0.717) is 0 Å². The topological polar surface area (TPSA) is 22.1 Å².